The van der Waals surface area contributed by atoms with Gasteiger partial charge in [0.05, 0.1) is 24.6 Å². The fourth-order valence-corrected chi connectivity index (χ4v) is 14.2. The van der Waals surface area contributed by atoms with Crippen molar-refractivity contribution in [2.24, 2.45) is 40.6 Å². The summed E-state index contributed by atoms with van der Waals surface area (Å²) in [4.78, 5) is 120. The summed E-state index contributed by atoms with van der Waals surface area (Å²) in [7, 11) is 3.93. The molecule has 8 aliphatic rings. The van der Waals surface area contributed by atoms with Crippen molar-refractivity contribution in [3.05, 3.63) is 59.2 Å². The molecule has 8 amide bonds. The lowest BCUT2D eigenvalue weighted by molar-refractivity contribution is -0.144. The first kappa shape index (κ1) is 69.1. The molecule has 6 N–H and O–H groups in total. The molecule has 3 heterocycles. The molecule has 11 atom stereocenters. The first-order valence-electron chi connectivity index (χ1n) is 33.9. The number of hydrazone groups is 1. The lowest BCUT2D eigenvalue weighted by Gasteiger charge is -2.44. The number of likely N-dealkylation sites (N-methyl/N-ethyl adjacent to an activating group) is 3. The fraction of sp³-hybridized carbons (Fsp3) is 0.691. The van der Waals surface area contributed by atoms with Crippen molar-refractivity contribution in [3.63, 3.8) is 0 Å². The van der Waals surface area contributed by atoms with E-state index in [9.17, 15) is 42.7 Å². The smallest absolute Gasteiger partial charge is 0.258 e. The number of nitrogens with one attached hydrogen (secondary N) is 6. The number of hydrogen-bond donors (Lipinski definition) is 6. The molecule has 0 radical (unpaired) electrons. The third kappa shape index (κ3) is 16.9. The van der Waals surface area contributed by atoms with Gasteiger partial charge in [-0.2, -0.15) is 5.10 Å². The second-order valence-electron chi connectivity index (χ2n) is 28.1. The van der Waals surface area contributed by atoms with Crippen LogP contribution in [-0.4, -0.2) is 211 Å². The fourth-order valence-electron chi connectivity index (χ4n) is 14.2. The highest BCUT2D eigenvalue weighted by molar-refractivity contribution is 6.00. The van der Waals surface area contributed by atoms with E-state index in [1.165, 1.54) is 31.2 Å². The maximum Gasteiger partial charge on any atom is 0.258 e. The first-order chi connectivity index (χ1) is 44.3. The summed E-state index contributed by atoms with van der Waals surface area (Å²) in [5.41, 5.74) is -1.50. The molecule has 3 aliphatic heterocycles. The number of anilines is 2. The van der Waals surface area contributed by atoms with Gasteiger partial charge in [-0.3, -0.25) is 48.3 Å². The van der Waals surface area contributed by atoms with Gasteiger partial charge in [0.15, 0.2) is 5.67 Å². The van der Waals surface area contributed by atoms with Crippen LogP contribution in [0.5, 0.6) is 0 Å². The maximum absolute atomic E-state index is 16.4. The number of ether oxygens (including phenoxy) is 2. The average Bonchev–Trinajstić information content (AvgIpc) is 1.84. The Labute approximate surface area is 544 Å². The van der Waals surface area contributed by atoms with E-state index in [0.717, 1.165) is 51.4 Å². The topological polar surface area (TPSA) is 256 Å². The summed E-state index contributed by atoms with van der Waals surface area (Å²) in [5.74, 6) is -6.69. The van der Waals surface area contributed by atoms with Gasteiger partial charge in [0, 0.05) is 81.9 Å². The lowest BCUT2D eigenvalue weighted by atomic mass is 9.88. The predicted molar refractivity (Wildman–Crippen MR) is 343 cm³/mol. The molecule has 2 saturated heterocycles. The molecule has 22 nitrogen and oxygen atoms in total. The van der Waals surface area contributed by atoms with Crippen LogP contribution in [0.15, 0.2) is 41.5 Å². The SMILES string of the molecule is CCN1N=CCC1C(=O)N[C@H](C(=O)Nc1ccc([C@H](C)[C@@H](NC(=O)COCCO[C@@H](C)C(=O)N[C@@H](C(=O)N2CCN(C)C[C@@H]2C)[C@@H](C)c2ccc(NC(=O)[C@@H](NC(=O)C3(F)CC3)C(C3CC3)C3CC3)c(F)c2)C(=O)N2C[C@@H](C)N(C)C[C@H]2C)cc1F)C(C1CC1)C1CC1. The highest BCUT2D eigenvalue weighted by atomic mass is 19.1. The van der Waals surface area contributed by atoms with Crippen LogP contribution >= 0.6 is 0 Å². The van der Waals surface area contributed by atoms with Crippen LogP contribution in [0.1, 0.15) is 142 Å². The zero-order valence-electron chi connectivity index (χ0n) is 55.4. The Bertz CT molecular complexity index is 3100. The Morgan fingerprint density at radius 3 is 1.65 bits per heavy atom. The number of nitrogens with zero attached hydrogens (tertiary/aromatic N) is 6. The summed E-state index contributed by atoms with van der Waals surface area (Å²) in [6.45, 7) is 14.9. The summed E-state index contributed by atoms with van der Waals surface area (Å²) >= 11 is 0. The van der Waals surface area contributed by atoms with E-state index in [1.54, 1.807) is 47.0 Å². The number of carbonyl (C=O) groups excluding carboxylic acids is 8. The van der Waals surface area contributed by atoms with Crippen LogP contribution in [0, 0.1) is 47.1 Å². The minimum atomic E-state index is -2.00. The molecule has 5 saturated carbocycles. The number of alkyl halides is 1. The van der Waals surface area contributed by atoms with Crippen molar-refractivity contribution >= 4 is 64.8 Å². The predicted octanol–water partition coefficient (Wildman–Crippen LogP) is 5.28. The summed E-state index contributed by atoms with van der Waals surface area (Å²) in [6, 6.07) is 3.23. The Morgan fingerprint density at radius 2 is 1.14 bits per heavy atom. The van der Waals surface area contributed by atoms with Gasteiger partial charge in [-0.05, 0) is 184 Å². The van der Waals surface area contributed by atoms with Crippen molar-refractivity contribution in [2.75, 3.05) is 83.8 Å². The molecule has 2 aromatic carbocycles. The van der Waals surface area contributed by atoms with E-state index < -0.39 is 102 Å². The van der Waals surface area contributed by atoms with Crippen LogP contribution in [-0.2, 0) is 47.8 Å². The highest BCUT2D eigenvalue weighted by Crippen LogP contribution is 2.52. The minimum Gasteiger partial charge on any atom is -0.369 e. The Hall–Kier alpha value is -6.70. The summed E-state index contributed by atoms with van der Waals surface area (Å²) in [5, 5.41) is 22.9. The lowest BCUT2D eigenvalue weighted by Crippen LogP contribution is -2.61. The molecule has 0 aromatic heterocycles. The molecule has 5 aliphatic carbocycles. The second kappa shape index (κ2) is 29.5. The zero-order valence-corrected chi connectivity index (χ0v) is 55.4. The number of carbonyl (C=O) groups is 8. The number of benzene rings is 2. The molecule has 2 aromatic rings. The van der Waals surface area contributed by atoms with E-state index in [2.05, 4.69) is 46.8 Å². The highest BCUT2D eigenvalue weighted by Gasteiger charge is 2.55. The average molecular weight is 1300 g/mol. The molecule has 0 bridgehead atoms. The van der Waals surface area contributed by atoms with Crippen LogP contribution in [0.4, 0.5) is 24.5 Å². The van der Waals surface area contributed by atoms with E-state index in [-0.39, 0.29) is 109 Å². The van der Waals surface area contributed by atoms with E-state index >= 15 is 8.78 Å². The molecular weight excluding hydrogens is 1200 g/mol. The Morgan fingerprint density at radius 1 is 0.624 bits per heavy atom. The van der Waals surface area contributed by atoms with Crippen LogP contribution in [0.2, 0.25) is 0 Å². The zero-order chi connectivity index (χ0) is 66.7. The summed E-state index contributed by atoms with van der Waals surface area (Å²) in [6.07, 6.45) is 8.57. The number of halogens is 3. The van der Waals surface area contributed by atoms with Gasteiger partial charge in [0.25, 0.3) is 5.91 Å². The maximum atomic E-state index is 16.4. The van der Waals surface area contributed by atoms with Crippen molar-refractivity contribution in [3.8, 4) is 0 Å². The van der Waals surface area contributed by atoms with E-state index in [1.807, 2.05) is 41.8 Å². The van der Waals surface area contributed by atoms with Gasteiger partial charge < -0.3 is 56.1 Å². The molecule has 1 unspecified atom stereocenters. The van der Waals surface area contributed by atoms with Gasteiger partial charge in [0.1, 0.15) is 54.6 Å². The van der Waals surface area contributed by atoms with Gasteiger partial charge >= 0.3 is 0 Å². The van der Waals surface area contributed by atoms with Crippen LogP contribution < -0.4 is 31.9 Å². The first-order valence-corrected chi connectivity index (χ1v) is 33.9. The molecule has 25 heteroatoms. The minimum absolute atomic E-state index is 0.00869. The van der Waals surface area contributed by atoms with Gasteiger partial charge in [-0.25, -0.2) is 13.2 Å². The van der Waals surface area contributed by atoms with Crippen LogP contribution in [0.25, 0.3) is 0 Å². The monoisotopic (exact) mass is 1300 g/mol. The third-order valence-electron chi connectivity index (χ3n) is 20.8. The van der Waals surface area contributed by atoms with Crippen molar-refractivity contribution < 1.29 is 61.0 Å². The van der Waals surface area contributed by atoms with Gasteiger partial charge in [-0.1, -0.05) is 26.0 Å². The molecule has 7 fully saturated rings. The molecule has 510 valence electrons. The van der Waals surface area contributed by atoms with E-state index in [0.29, 0.717) is 56.8 Å². The number of amides is 8. The van der Waals surface area contributed by atoms with Crippen molar-refractivity contribution in [2.45, 2.75) is 191 Å². The Kier molecular flexibility index (Phi) is 21.9. The van der Waals surface area contributed by atoms with Crippen molar-refractivity contribution in [1.82, 2.24) is 45.9 Å². The quantitative estimate of drug-likeness (QED) is 0.0546. The molecule has 93 heavy (non-hydrogen) atoms. The number of piperazine rings is 2. The second-order valence-corrected chi connectivity index (χ2v) is 28.1. The van der Waals surface area contributed by atoms with Crippen LogP contribution in [0.3, 0.4) is 0 Å². The van der Waals surface area contributed by atoms with Gasteiger partial charge in [0.2, 0.25) is 41.4 Å². The third-order valence-corrected chi connectivity index (χ3v) is 20.8. The Balaban J connectivity index is 0.758. The van der Waals surface area contributed by atoms with E-state index in [4.69, 9.17) is 9.47 Å². The molecule has 10 rings (SSSR count). The van der Waals surface area contributed by atoms with Gasteiger partial charge in [-0.15, -0.1) is 0 Å². The van der Waals surface area contributed by atoms with Crippen molar-refractivity contribution in [1.29, 1.82) is 0 Å². The summed E-state index contributed by atoms with van der Waals surface area (Å²) < 4.78 is 59.2. The standard InChI is InChI=1S/C68H97F3N12O10/c1-10-83-53(23-26-72-83)62(86)77-59(55(43-11-12-43)44-13-14-44)63(87)73-51-21-19-47(31-49(51)69)40(5)57(66(90)82-35-37(2)80(9)34-39(82)4)75-54(84)36-92-29-30-93-42(7)61(85)76-58(65(89)81-28-27-79(8)33-38(81)3)41(6)48-20-22-52(50(70)32-48)74-64(88)60(78-67(91)68(71)24-25-68)56(45-15-16-45)46-17-18-46/h19-22,26,31-32,37-46,53,55-60H,10-18,23-25,27-30,33-36H2,1-9H3,(H,73,87)(H,74,88)(H,75,84)(H,76,85)(H,77,86)(H,78,91)/t37-,38+,39-,40+,41+,42+,53?,57-,58-,59+,60+/m1/s1. The molecular formula is C68H97F3N12O10. The largest absolute Gasteiger partial charge is 0.369 e. The molecule has 0 spiro atoms. The number of rotatable bonds is 30. The number of hydrogen-bond acceptors (Lipinski definition) is 14. The normalized spacial score (nSPS) is 24.5.